The van der Waals surface area contributed by atoms with Gasteiger partial charge in [0.15, 0.2) is 0 Å². The molecule has 1 saturated heterocycles. The van der Waals surface area contributed by atoms with Crippen LogP contribution in [0.4, 0.5) is 13.2 Å². The van der Waals surface area contributed by atoms with Crippen LogP contribution in [0.5, 0.6) is 5.75 Å². The lowest BCUT2D eigenvalue weighted by molar-refractivity contribution is -0.143. The van der Waals surface area contributed by atoms with E-state index in [1.54, 1.807) is 12.1 Å². The fourth-order valence-corrected chi connectivity index (χ4v) is 2.60. The topological polar surface area (TPSA) is 48.4 Å². The predicted molar refractivity (Wildman–Crippen MR) is 72.9 cm³/mol. The van der Waals surface area contributed by atoms with Crippen LogP contribution in [0.2, 0.25) is 0 Å². The number of aromatic nitrogens is 1. The normalized spacial score (nSPS) is 20.1. The molecule has 0 spiro atoms. The Labute approximate surface area is 122 Å². The number of aryl methyl sites for hydroxylation is 1. The van der Waals surface area contributed by atoms with E-state index in [1.807, 2.05) is 6.92 Å². The lowest BCUT2D eigenvalue weighted by Crippen LogP contribution is -2.33. The summed E-state index contributed by atoms with van der Waals surface area (Å²) in [6, 6.07) is 3.32. The average molecular weight is 303 g/mol. The maximum atomic E-state index is 12.3. The van der Waals surface area contributed by atoms with Gasteiger partial charge in [0.1, 0.15) is 5.75 Å². The monoisotopic (exact) mass is 303 g/mol. The quantitative estimate of drug-likeness (QED) is 0.874. The first-order valence-electron chi connectivity index (χ1n) is 6.99. The predicted octanol–water partition coefficient (Wildman–Crippen LogP) is 2.07. The molecule has 1 aromatic heterocycles. The van der Waals surface area contributed by atoms with Gasteiger partial charge in [0, 0.05) is 18.8 Å². The first-order valence-corrected chi connectivity index (χ1v) is 6.99. The molecule has 7 heteroatoms. The summed E-state index contributed by atoms with van der Waals surface area (Å²) in [6.45, 7) is 3.00. The molecule has 2 N–H and O–H groups in total. The minimum Gasteiger partial charge on any atom is -0.506 e. The Bertz CT molecular complexity index is 479. The van der Waals surface area contributed by atoms with E-state index in [9.17, 15) is 18.3 Å². The SMILES string of the molecule is Cc1ccc(O)c(CNC[C@@H]2CCN(CC(F)(F)F)C2)n1. The number of alkyl halides is 3. The van der Waals surface area contributed by atoms with Gasteiger partial charge >= 0.3 is 6.18 Å². The van der Waals surface area contributed by atoms with Gasteiger partial charge in [0.05, 0.1) is 12.2 Å². The van der Waals surface area contributed by atoms with E-state index in [2.05, 4.69) is 10.3 Å². The summed E-state index contributed by atoms with van der Waals surface area (Å²) in [5, 5.41) is 12.8. The van der Waals surface area contributed by atoms with Crippen LogP contribution < -0.4 is 5.32 Å². The third-order valence-corrected chi connectivity index (χ3v) is 3.59. The number of nitrogens with zero attached hydrogens (tertiary/aromatic N) is 2. The fraction of sp³-hybridized carbons (Fsp3) is 0.643. The summed E-state index contributed by atoms with van der Waals surface area (Å²) in [5.41, 5.74) is 1.39. The Morgan fingerprint density at radius 1 is 1.43 bits per heavy atom. The standard InChI is InChI=1S/C14H20F3N3O/c1-10-2-3-13(21)12(19-10)7-18-6-11-4-5-20(8-11)9-14(15,16)17/h2-3,11,18,21H,4-9H2,1H3/t11-/m0/s1. The highest BCUT2D eigenvalue weighted by Gasteiger charge is 2.34. The Hall–Kier alpha value is -1.34. The number of pyridine rings is 1. The minimum atomic E-state index is -4.13. The number of halogens is 3. The molecule has 21 heavy (non-hydrogen) atoms. The number of rotatable bonds is 5. The number of hydrogen-bond acceptors (Lipinski definition) is 4. The Balaban J connectivity index is 1.74. The van der Waals surface area contributed by atoms with E-state index in [-0.39, 0.29) is 11.7 Å². The van der Waals surface area contributed by atoms with Crippen molar-refractivity contribution in [1.29, 1.82) is 0 Å². The first-order chi connectivity index (χ1) is 9.83. The van der Waals surface area contributed by atoms with Crippen LogP contribution in [0.15, 0.2) is 12.1 Å². The summed E-state index contributed by atoms with van der Waals surface area (Å²) in [4.78, 5) is 5.67. The maximum absolute atomic E-state index is 12.3. The molecule has 0 bridgehead atoms. The van der Waals surface area contributed by atoms with E-state index >= 15 is 0 Å². The largest absolute Gasteiger partial charge is 0.506 e. The molecule has 2 rings (SSSR count). The van der Waals surface area contributed by atoms with Gasteiger partial charge in [0.25, 0.3) is 0 Å². The molecule has 1 atom stereocenters. The minimum absolute atomic E-state index is 0.137. The third kappa shape index (κ3) is 5.17. The van der Waals surface area contributed by atoms with Crippen molar-refractivity contribution in [3.05, 3.63) is 23.5 Å². The summed E-state index contributed by atoms with van der Waals surface area (Å²) in [6.07, 6.45) is -3.37. The zero-order valence-corrected chi connectivity index (χ0v) is 12.0. The number of nitrogens with one attached hydrogen (secondary N) is 1. The average Bonchev–Trinajstić information content (AvgIpc) is 2.79. The van der Waals surface area contributed by atoms with Crippen LogP contribution in [0, 0.1) is 12.8 Å². The lowest BCUT2D eigenvalue weighted by Gasteiger charge is -2.18. The summed E-state index contributed by atoms with van der Waals surface area (Å²) in [5.74, 6) is 0.345. The Morgan fingerprint density at radius 3 is 2.90 bits per heavy atom. The van der Waals surface area contributed by atoms with Crippen molar-refractivity contribution in [2.75, 3.05) is 26.2 Å². The van der Waals surface area contributed by atoms with Crippen LogP contribution in [0.3, 0.4) is 0 Å². The van der Waals surface area contributed by atoms with Gasteiger partial charge < -0.3 is 10.4 Å². The van der Waals surface area contributed by atoms with Crippen LogP contribution in [0.1, 0.15) is 17.8 Å². The van der Waals surface area contributed by atoms with Crippen LogP contribution >= 0.6 is 0 Å². The highest BCUT2D eigenvalue weighted by Crippen LogP contribution is 2.22. The molecule has 1 aliphatic rings. The highest BCUT2D eigenvalue weighted by atomic mass is 19.4. The van der Waals surface area contributed by atoms with E-state index in [1.165, 1.54) is 4.90 Å². The van der Waals surface area contributed by atoms with Gasteiger partial charge in [-0.25, -0.2) is 0 Å². The van der Waals surface area contributed by atoms with E-state index in [0.717, 1.165) is 12.1 Å². The first kappa shape index (κ1) is 16.0. The molecule has 0 radical (unpaired) electrons. The second-order valence-corrected chi connectivity index (χ2v) is 5.55. The van der Waals surface area contributed by atoms with Crippen LogP contribution in [0.25, 0.3) is 0 Å². The number of likely N-dealkylation sites (tertiary alicyclic amines) is 1. The molecule has 0 unspecified atom stereocenters. The van der Waals surface area contributed by atoms with E-state index < -0.39 is 12.7 Å². The van der Waals surface area contributed by atoms with Gasteiger partial charge in [-0.2, -0.15) is 13.2 Å². The van der Waals surface area contributed by atoms with Gasteiger partial charge in [0.2, 0.25) is 0 Å². The van der Waals surface area contributed by atoms with Crippen LogP contribution in [-0.2, 0) is 6.54 Å². The summed E-state index contributed by atoms with van der Waals surface area (Å²) < 4.78 is 36.9. The zero-order valence-electron chi connectivity index (χ0n) is 12.0. The molecule has 0 aliphatic carbocycles. The smallest absolute Gasteiger partial charge is 0.401 e. The summed E-state index contributed by atoms with van der Waals surface area (Å²) >= 11 is 0. The van der Waals surface area contributed by atoms with Crippen molar-refractivity contribution >= 4 is 0 Å². The third-order valence-electron chi connectivity index (χ3n) is 3.59. The molecular formula is C14H20F3N3O. The Morgan fingerprint density at radius 2 is 2.19 bits per heavy atom. The summed E-state index contributed by atoms with van der Waals surface area (Å²) in [7, 11) is 0. The maximum Gasteiger partial charge on any atom is 0.401 e. The van der Waals surface area contributed by atoms with Gasteiger partial charge in [-0.1, -0.05) is 0 Å². The molecule has 118 valence electrons. The van der Waals surface area contributed by atoms with E-state index in [0.29, 0.717) is 31.9 Å². The molecule has 1 aromatic rings. The molecular weight excluding hydrogens is 283 g/mol. The fourth-order valence-electron chi connectivity index (χ4n) is 2.60. The van der Waals surface area contributed by atoms with Crippen molar-refractivity contribution in [1.82, 2.24) is 15.2 Å². The molecule has 4 nitrogen and oxygen atoms in total. The number of hydrogen-bond donors (Lipinski definition) is 2. The van der Waals surface area contributed by atoms with Gasteiger partial charge in [-0.15, -0.1) is 0 Å². The Kier molecular flexibility index (Phi) is 5.05. The molecule has 0 amide bonds. The van der Waals surface area contributed by atoms with Crippen molar-refractivity contribution in [2.45, 2.75) is 26.1 Å². The van der Waals surface area contributed by atoms with Gasteiger partial charge in [-0.05, 0) is 44.5 Å². The van der Waals surface area contributed by atoms with Gasteiger partial charge in [-0.3, -0.25) is 9.88 Å². The molecule has 0 saturated carbocycles. The van der Waals surface area contributed by atoms with Crippen molar-refractivity contribution in [2.24, 2.45) is 5.92 Å². The van der Waals surface area contributed by atoms with Crippen molar-refractivity contribution in [3.8, 4) is 5.75 Å². The van der Waals surface area contributed by atoms with Crippen molar-refractivity contribution < 1.29 is 18.3 Å². The van der Waals surface area contributed by atoms with E-state index in [4.69, 9.17) is 0 Å². The van der Waals surface area contributed by atoms with Crippen LogP contribution in [-0.4, -0.2) is 47.3 Å². The van der Waals surface area contributed by atoms with Crippen molar-refractivity contribution in [3.63, 3.8) is 0 Å². The molecule has 2 heterocycles. The zero-order chi connectivity index (χ0) is 15.5. The molecule has 0 aromatic carbocycles. The second kappa shape index (κ2) is 6.62. The second-order valence-electron chi connectivity index (χ2n) is 5.55. The molecule has 1 fully saturated rings. The highest BCUT2D eigenvalue weighted by molar-refractivity contribution is 5.27. The number of aromatic hydroxyl groups is 1. The lowest BCUT2D eigenvalue weighted by atomic mass is 10.1. The molecule has 1 aliphatic heterocycles.